The summed E-state index contributed by atoms with van der Waals surface area (Å²) in [5.74, 6) is 0.763. The number of rotatable bonds is 9. The van der Waals surface area contributed by atoms with E-state index in [0.717, 1.165) is 37.7 Å². The van der Waals surface area contributed by atoms with Gasteiger partial charge in [0.2, 0.25) is 10.0 Å². The third-order valence-corrected chi connectivity index (χ3v) is 8.25. The van der Waals surface area contributed by atoms with Crippen molar-refractivity contribution in [1.29, 1.82) is 0 Å². The molecule has 2 aromatic carbocycles. The Bertz CT molecular complexity index is 999. The van der Waals surface area contributed by atoms with Crippen LogP contribution in [0.2, 0.25) is 0 Å². The zero-order valence-electron chi connectivity index (χ0n) is 19.2. The fourth-order valence-electron chi connectivity index (χ4n) is 4.10. The van der Waals surface area contributed by atoms with Gasteiger partial charge in [-0.05, 0) is 61.1 Å². The van der Waals surface area contributed by atoms with E-state index in [4.69, 9.17) is 4.74 Å². The Balaban J connectivity index is 1.59. The van der Waals surface area contributed by atoms with Gasteiger partial charge in [0.15, 0.2) is 6.61 Å². The average Bonchev–Trinajstić information content (AvgIpc) is 2.82. The second-order valence-corrected chi connectivity index (χ2v) is 10.5. The van der Waals surface area contributed by atoms with Crippen molar-refractivity contribution < 1.29 is 17.9 Å². The molecule has 0 bridgehead atoms. The first kappa shape index (κ1) is 24.3. The normalized spacial score (nSPS) is 16.0. The predicted octanol–water partition coefficient (Wildman–Crippen LogP) is 5.17. The van der Waals surface area contributed by atoms with Gasteiger partial charge in [-0.15, -0.1) is 0 Å². The molecule has 1 N–H and O–H groups in total. The Kier molecular flexibility index (Phi) is 8.32. The average molecular weight is 459 g/mol. The first-order chi connectivity index (χ1) is 15.3. The van der Waals surface area contributed by atoms with Crippen LogP contribution >= 0.6 is 0 Å². The topological polar surface area (TPSA) is 75.7 Å². The SMILES string of the molecule is CCC(C)c1ccccc1OCC(=O)Nc1ccc(S(=O)(=O)N(C)C2CCCCC2)cc1. The van der Waals surface area contributed by atoms with Gasteiger partial charge in [-0.1, -0.05) is 51.3 Å². The third kappa shape index (κ3) is 5.90. The molecule has 0 radical (unpaired) electrons. The van der Waals surface area contributed by atoms with Crippen molar-refractivity contribution in [2.24, 2.45) is 0 Å². The minimum absolute atomic E-state index is 0.0589. The molecular weight excluding hydrogens is 424 g/mol. The van der Waals surface area contributed by atoms with Gasteiger partial charge in [0, 0.05) is 18.8 Å². The maximum Gasteiger partial charge on any atom is 0.262 e. The molecule has 0 saturated heterocycles. The second kappa shape index (κ2) is 11.0. The Morgan fingerprint density at radius 2 is 1.75 bits per heavy atom. The van der Waals surface area contributed by atoms with Crippen molar-refractivity contribution in [3.05, 3.63) is 54.1 Å². The number of nitrogens with zero attached hydrogens (tertiary/aromatic N) is 1. The molecule has 0 spiro atoms. The number of para-hydroxylation sites is 1. The van der Waals surface area contributed by atoms with E-state index >= 15 is 0 Å². The Labute approximate surface area is 192 Å². The van der Waals surface area contributed by atoms with E-state index in [9.17, 15) is 13.2 Å². The predicted molar refractivity (Wildman–Crippen MR) is 128 cm³/mol. The minimum atomic E-state index is -3.55. The lowest BCUT2D eigenvalue weighted by Crippen LogP contribution is -2.38. The van der Waals surface area contributed by atoms with E-state index in [1.165, 1.54) is 10.7 Å². The van der Waals surface area contributed by atoms with Gasteiger partial charge in [0.1, 0.15) is 5.75 Å². The molecule has 1 saturated carbocycles. The van der Waals surface area contributed by atoms with Gasteiger partial charge in [-0.2, -0.15) is 4.31 Å². The number of anilines is 1. The van der Waals surface area contributed by atoms with E-state index in [0.29, 0.717) is 17.4 Å². The number of sulfonamides is 1. The Morgan fingerprint density at radius 1 is 1.09 bits per heavy atom. The van der Waals surface area contributed by atoms with Crippen molar-refractivity contribution in [2.75, 3.05) is 19.0 Å². The molecule has 1 amide bonds. The molecule has 32 heavy (non-hydrogen) atoms. The van der Waals surface area contributed by atoms with Crippen LogP contribution in [0.3, 0.4) is 0 Å². The smallest absolute Gasteiger partial charge is 0.262 e. The highest BCUT2D eigenvalue weighted by molar-refractivity contribution is 7.89. The van der Waals surface area contributed by atoms with Crippen LogP contribution in [0.4, 0.5) is 5.69 Å². The largest absolute Gasteiger partial charge is 0.483 e. The standard InChI is InChI=1S/C25H34N2O4S/c1-4-19(2)23-12-8-9-13-24(23)31-18-25(28)26-20-14-16-22(17-15-20)32(29,30)27(3)21-10-6-5-7-11-21/h8-9,12-17,19,21H,4-7,10-11,18H2,1-3H3,(H,26,28). The molecule has 2 aromatic rings. The highest BCUT2D eigenvalue weighted by Crippen LogP contribution is 2.29. The van der Waals surface area contributed by atoms with E-state index in [1.54, 1.807) is 31.3 Å². The molecule has 7 heteroatoms. The number of nitrogens with one attached hydrogen (secondary N) is 1. The molecule has 0 aliphatic heterocycles. The fraction of sp³-hybridized carbons (Fsp3) is 0.480. The van der Waals surface area contributed by atoms with Crippen LogP contribution in [0, 0.1) is 0 Å². The number of amides is 1. The van der Waals surface area contributed by atoms with Gasteiger partial charge in [0.05, 0.1) is 4.90 Å². The summed E-state index contributed by atoms with van der Waals surface area (Å²) in [4.78, 5) is 12.6. The molecule has 1 aliphatic rings. The molecular formula is C25H34N2O4S. The maximum absolute atomic E-state index is 13.0. The summed E-state index contributed by atoms with van der Waals surface area (Å²) >= 11 is 0. The van der Waals surface area contributed by atoms with Crippen LogP contribution in [0.5, 0.6) is 5.75 Å². The van der Waals surface area contributed by atoms with E-state index in [1.807, 2.05) is 24.3 Å². The van der Waals surface area contributed by atoms with Crippen molar-refractivity contribution in [3.8, 4) is 5.75 Å². The highest BCUT2D eigenvalue weighted by Gasteiger charge is 2.28. The summed E-state index contributed by atoms with van der Waals surface area (Å²) < 4.78 is 33.2. The Morgan fingerprint density at radius 3 is 2.41 bits per heavy atom. The number of ether oxygens (including phenoxy) is 1. The summed E-state index contributed by atoms with van der Waals surface area (Å²) in [6.07, 6.45) is 6.11. The van der Waals surface area contributed by atoms with Crippen LogP contribution in [-0.4, -0.2) is 38.3 Å². The third-order valence-electron chi connectivity index (χ3n) is 6.33. The lowest BCUT2D eigenvalue weighted by molar-refractivity contribution is -0.118. The van der Waals surface area contributed by atoms with Crippen molar-refractivity contribution in [2.45, 2.75) is 69.2 Å². The first-order valence-corrected chi connectivity index (χ1v) is 12.9. The van der Waals surface area contributed by atoms with Crippen LogP contribution in [0.15, 0.2) is 53.4 Å². The van der Waals surface area contributed by atoms with Crippen LogP contribution in [0.25, 0.3) is 0 Å². The molecule has 1 fully saturated rings. The molecule has 1 unspecified atom stereocenters. The zero-order valence-corrected chi connectivity index (χ0v) is 20.0. The van der Waals surface area contributed by atoms with Crippen LogP contribution in [-0.2, 0) is 14.8 Å². The lowest BCUT2D eigenvalue weighted by Gasteiger charge is -2.30. The van der Waals surface area contributed by atoms with Crippen molar-refractivity contribution in [3.63, 3.8) is 0 Å². The first-order valence-electron chi connectivity index (χ1n) is 11.4. The van der Waals surface area contributed by atoms with Gasteiger partial charge >= 0.3 is 0 Å². The quantitative estimate of drug-likeness (QED) is 0.562. The maximum atomic E-state index is 13.0. The summed E-state index contributed by atoms with van der Waals surface area (Å²) in [5, 5.41) is 2.77. The summed E-state index contributed by atoms with van der Waals surface area (Å²) in [6, 6.07) is 14.1. The lowest BCUT2D eigenvalue weighted by atomic mass is 9.96. The monoisotopic (exact) mass is 458 g/mol. The van der Waals surface area contributed by atoms with Crippen molar-refractivity contribution >= 4 is 21.6 Å². The number of carbonyl (C=O) groups excluding carboxylic acids is 1. The molecule has 6 nitrogen and oxygen atoms in total. The molecule has 0 heterocycles. The number of benzene rings is 2. The van der Waals surface area contributed by atoms with E-state index in [-0.39, 0.29) is 23.5 Å². The van der Waals surface area contributed by atoms with Crippen molar-refractivity contribution in [1.82, 2.24) is 4.31 Å². The molecule has 1 aliphatic carbocycles. The molecule has 174 valence electrons. The zero-order chi connectivity index (χ0) is 23.1. The summed E-state index contributed by atoms with van der Waals surface area (Å²) in [5.41, 5.74) is 1.62. The van der Waals surface area contributed by atoms with Gasteiger partial charge in [0.25, 0.3) is 5.91 Å². The summed E-state index contributed by atoms with van der Waals surface area (Å²) in [6.45, 7) is 4.13. The Hall–Kier alpha value is -2.38. The fourth-order valence-corrected chi connectivity index (χ4v) is 5.51. The molecule has 0 aromatic heterocycles. The number of carbonyl (C=O) groups is 1. The van der Waals surface area contributed by atoms with Gasteiger partial charge in [-0.25, -0.2) is 8.42 Å². The minimum Gasteiger partial charge on any atom is -0.483 e. The summed E-state index contributed by atoms with van der Waals surface area (Å²) in [7, 11) is -1.89. The molecule has 3 rings (SSSR count). The number of hydrogen-bond acceptors (Lipinski definition) is 4. The number of hydrogen-bond donors (Lipinski definition) is 1. The van der Waals surface area contributed by atoms with Crippen LogP contribution < -0.4 is 10.1 Å². The molecule has 1 atom stereocenters. The van der Waals surface area contributed by atoms with E-state index < -0.39 is 10.0 Å². The van der Waals surface area contributed by atoms with Crippen LogP contribution in [0.1, 0.15) is 63.9 Å². The van der Waals surface area contributed by atoms with E-state index in [2.05, 4.69) is 19.2 Å². The highest BCUT2D eigenvalue weighted by atomic mass is 32.2. The second-order valence-electron chi connectivity index (χ2n) is 8.52. The van der Waals surface area contributed by atoms with Gasteiger partial charge < -0.3 is 10.1 Å². The van der Waals surface area contributed by atoms with Gasteiger partial charge in [-0.3, -0.25) is 4.79 Å².